The van der Waals surface area contributed by atoms with E-state index in [0.717, 1.165) is 22.5 Å². The first-order valence-corrected chi connectivity index (χ1v) is 10.2. The van der Waals surface area contributed by atoms with Crippen LogP contribution in [0.4, 0.5) is 14.5 Å². The second-order valence-electron chi connectivity index (χ2n) is 5.60. The number of nitrogens with one attached hydrogen (secondary N) is 1. The quantitative estimate of drug-likeness (QED) is 0.690. The molecule has 0 radical (unpaired) electrons. The summed E-state index contributed by atoms with van der Waals surface area (Å²) in [4.78, 5) is 12.0. The highest BCUT2D eigenvalue weighted by atomic mass is 35.5. The largest absolute Gasteiger partial charge is 0.492 e. The van der Waals surface area contributed by atoms with E-state index in [1.807, 2.05) is 0 Å². The SMILES string of the molecule is CCOc1ccc(S(=O)(=O)N(CC)CC(=O)Nc2c(F)cccc2F)cc1Cl. The van der Waals surface area contributed by atoms with Crippen molar-refractivity contribution in [1.82, 2.24) is 4.31 Å². The number of halogens is 3. The van der Waals surface area contributed by atoms with Gasteiger partial charge in [-0.1, -0.05) is 24.6 Å². The van der Waals surface area contributed by atoms with E-state index < -0.39 is 39.8 Å². The Bertz CT molecular complexity index is 950. The minimum atomic E-state index is -4.07. The molecule has 0 aliphatic carbocycles. The highest BCUT2D eigenvalue weighted by Gasteiger charge is 2.26. The van der Waals surface area contributed by atoms with Gasteiger partial charge < -0.3 is 10.1 Å². The van der Waals surface area contributed by atoms with E-state index in [1.54, 1.807) is 6.92 Å². The molecule has 10 heteroatoms. The average Bonchev–Trinajstić information content (AvgIpc) is 2.64. The summed E-state index contributed by atoms with van der Waals surface area (Å²) in [6.07, 6.45) is 0. The number of hydrogen-bond acceptors (Lipinski definition) is 4. The number of carbonyl (C=O) groups excluding carboxylic acids is 1. The second kappa shape index (κ2) is 9.31. The Hall–Kier alpha value is -2.23. The molecule has 0 heterocycles. The molecular weight excluding hydrogens is 414 g/mol. The van der Waals surface area contributed by atoms with Crippen molar-refractivity contribution in [1.29, 1.82) is 0 Å². The van der Waals surface area contributed by atoms with Crippen LogP contribution in [0.5, 0.6) is 5.75 Å². The Morgan fingerprint density at radius 2 is 1.82 bits per heavy atom. The summed E-state index contributed by atoms with van der Waals surface area (Å²) < 4.78 is 59.1. The lowest BCUT2D eigenvalue weighted by Crippen LogP contribution is -2.38. The highest BCUT2D eigenvalue weighted by Crippen LogP contribution is 2.28. The van der Waals surface area contributed by atoms with Gasteiger partial charge in [-0.05, 0) is 37.3 Å². The Labute approximate surface area is 167 Å². The van der Waals surface area contributed by atoms with Gasteiger partial charge in [0.05, 0.1) is 23.1 Å². The molecule has 28 heavy (non-hydrogen) atoms. The first kappa shape index (κ1) is 22.1. The summed E-state index contributed by atoms with van der Waals surface area (Å²) in [5.41, 5.74) is -0.634. The third-order valence-electron chi connectivity index (χ3n) is 3.74. The third-order valence-corrected chi connectivity index (χ3v) is 5.95. The summed E-state index contributed by atoms with van der Waals surface area (Å²) in [5.74, 6) is -2.47. The molecule has 152 valence electrons. The zero-order valence-electron chi connectivity index (χ0n) is 15.2. The molecular formula is C18H19ClF2N2O4S. The van der Waals surface area contributed by atoms with Crippen LogP contribution >= 0.6 is 11.6 Å². The summed E-state index contributed by atoms with van der Waals surface area (Å²) >= 11 is 6.04. The van der Waals surface area contributed by atoms with E-state index in [0.29, 0.717) is 12.4 Å². The second-order valence-corrected chi connectivity index (χ2v) is 7.95. The zero-order valence-corrected chi connectivity index (χ0v) is 16.8. The smallest absolute Gasteiger partial charge is 0.243 e. The Balaban J connectivity index is 2.21. The van der Waals surface area contributed by atoms with Crippen LogP contribution in [0.15, 0.2) is 41.3 Å². The maximum atomic E-state index is 13.7. The fraction of sp³-hybridized carbons (Fsp3) is 0.278. The summed E-state index contributed by atoms with van der Waals surface area (Å²) in [5, 5.41) is 2.17. The predicted molar refractivity (Wildman–Crippen MR) is 102 cm³/mol. The van der Waals surface area contributed by atoms with Gasteiger partial charge in [0.1, 0.15) is 23.1 Å². The third kappa shape index (κ3) is 4.98. The molecule has 0 saturated heterocycles. The van der Waals surface area contributed by atoms with Gasteiger partial charge in [0.15, 0.2) is 0 Å². The lowest BCUT2D eigenvalue weighted by molar-refractivity contribution is -0.116. The van der Waals surface area contributed by atoms with E-state index >= 15 is 0 Å². The van der Waals surface area contributed by atoms with E-state index in [2.05, 4.69) is 5.32 Å². The molecule has 1 amide bonds. The highest BCUT2D eigenvalue weighted by molar-refractivity contribution is 7.89. The number of nitrogens with zero attached hydrogens (tertiary/aromatic N) is 1. The maximum Gasteiger partial charge on any atom is 0.243 e. The minimum absolute atomic E-state index is 0.0413. The van der Waals surface area contributed by atoms with Crippen molar-refractivity contribution in [2.45, 2.75) is 18.7 Å². The molecule has 0 aliphatic heterocycles. The summed E-state index contributed by atoms with van der Waals surface area (Å²) in [6, 6.07) is 7.06. The summed E-state index contributed by atoms with van der Waals surface area (Å²) in [6.45, 7) is 2.99. The maximum absolute atomic E-state index is 13.7. The van der Waals surface area contributed by atoms with Crippen LogP contribution in [0.3, 0.4) is 0 Å². The molecule has 0 aliphatic rings. The van der Waals surface area contributed by atoms with Crippen LogP contribution in [0.1, 0.15) is 13.8 Å². The van der Waals surface area contributed by atoms with Crippen LogP contribution in [0.2, 0.25) is 5.02 Å². The number of para-hydroxylation sites is 1. The molecule has 0 spiro atoms. The van der Waals surface area contributed by atoms with Crippen LogP contribution in [0.25, 0.3) is 0 Å². The normalized spacial score (nSPS) is 11.5. The predicted octanol–water partition coefficient (Wildman–Crippen LogP) is 3.67. The van der Waals surface area contributed by atoms with Gasteiger partial charge in [-0.15, -0.1) is 0 Å². The van der Waals surface area contributed by atoms with Gasteiger partial charge in [-0.3, -0.25) is 4.79 Å². The molecule has 0 bridgehead atoms. The number of anilines is 1. The van der Waals surface area contributed by atoms with Crippen molar-refractivity contribution in [2.24, 2.45) is 0 Å². The topological polar surface area (TPSA) is 75.7 Å². The number of likely N-dealkylation sites (N-methyl/N-ethyl adjacent to an activating group) is 1. The lowest BCUT2D eigenvalue weighted by Gasteiger charge is -2.20. The number of rotatable bonds is 8. The number of ether oxygens (including phenoxy) is 1. The molecule has 0 aromatic heterocycles. The lowest BCUT2D eigenvalue weighted by atomic mass is 10.3. The first-order valence-electron chi connectivity index (χ1n) is 8.37. The fourth-order valence-corrected chi connectivity index (χ4v) is 4.12. The Morgan fingerprint density at radius 3 is 2.36 bits per heavy atom. The molecule has 6 nitrogen and oxygen atoms in total. The van der Waals surface area contributed by atoms with Gasteiger partial charge in [0.25, 0.3) is 0 Å². The summed E-state index contributed by atoms with van der Waals surface area (Å²) in [7, 11) is -4.07. The number of carbonyl (C=O) groups is 1. The standard InChI is InChI=1S/C18H19ClF2N2O4S/c1-3-23(11-17(24)22-18-14(20)6-5-7-15(18)21)28(25,26)12-8-9-16(27-4-2)13(19)10-12/h5-10H,3-4,11H2,1-2H3,(H,22,24). The van der Waals surface area contributed by atoms with E-state index in [4.69, 9.17) is 16.3 Å². The fourth-order valence-electron chi connectivity index (χ4n) is 2.39. The first-order chi connectivity index (χ1) is 13.2. The van der Waals surface area contributed by atoms with Crippen molar-refractivity contribution in [3.63, 3.8) is 0 Å². The average molecular weight is 433 g/mol. The van der Waals surface area contributed by atoms with Crippen molar-refractivity contribution in [3.8, 4) is 5.75 Å². The Morgan fingerprint density at radius 1 is 1.18 bits per heavy atom. The van der Waals surface area contributed by atoms with Crippen molar-refractivity contribution in [2.75, 3.05) is 25.0 Å². The van der Waals surface area contributed by atoms with Gasteiger partial charge in [-0.25, -0.2) is 17.2 Å². The number of amides is 1. The number of hydrogen-bond donors (Lipinski definition) is 1. The molecule has 0 saturated carbocycles. The van der Waals surface area contributed by atoms with Crippen LogP contribution < -0.4 is 10.1 Å². The van der Waals surface area contributed by atoms with Gasteiger partial charge in [0.2, 0.25) is 15.9 Å². The van der Waals surface area contributed by atoms with E-state index in [1.165, 1.54) is 25.1 Å². The molecule has 0 fully saturated rings. The molecule has 0 atom stereocenters. The van der Waals surface area contributed by atoms with Crippen LogP contribution in [-0.2, 0) is 14.8 Å². The molecule has 1 N–H and O–H groups in total. The van der Waals surface area contributed by atoms with Crippen molar-refractivity contribution in [3.05, 3.63) is 53.1 Å². The molecule has 2 aromatic carbocycles. The Kier molecular flexibility index (Phi) is 7.34. The minimum Gasteiger partial charge on any atom is -0.492 e. The van der Waals surface area contributed by atoms with Crippen molar-refractivity contribution >= 4 is 33.2 Å². The van der Waals surface area contributed by atoms with Crippen molar-refractivity contribution < 1.29 is 26.7 Å². The molecule has 2 aromatic rings. The number of sulfonamides is 1. The molecule has 0 unspecified atom stereocenters. The number of benzene rings is 2. The van der Waals surface area contributed by atoms with Crippen LogP contribution in [0, 0.1) is 11.6 Å². The molecule has 2 rings (SSSR count). The van der Waals surface area contributed by atoms with E-state index in [-0.39, 0.29) is 16.5 Å². The van der Waals surface area contributed by atoms with Gasteiger partial charge in [-0.2, -0.15) is 4.31 Å². The van der Waals surface area contributed by atoms with E-state index in [9.17, 15) is 22.0 Å². The zero-order chi connectivity index (χ0) is 20.9. The van der Waals surface area contributed by atoms with Crippen LogP contribution in [-0.4, -0.2) is 38.3 Å². The van der Waals surface area contributed by atoms with Gasteiger partial charge in [0, 0.05) is 6.54 Å². The monoisotopic (exact) mass is 432 g/mol. The van der Waals surface area contributed by atoms with Gasteiger partial charge >= 0.3 is 0 Å².